The highest BCUT2D eigenvalue weighted by Crippen LogP contribution is 2.35. The van der Waals surface area contributed by atoms with E-state index in [4.69, 9.17) is 4.98 Å². The smallest absolute Gasteiger partial charge is 0.200 e. The van der Waals surface area contributed by atoms with E-state index in [0.717, 1.165) is 31.5 Å². The van der Waals surface area contributed by atoms with Crippen molar-refractivity contribution in [3.63, 3.8) is 0 Å². The molecular weight excluding hydrogens is 396 g/mol. The topological polar surface area (TPSA) is 86.9 Å². The van der Waals surface area contributed by atoms with E-state index < -0.39 is 15.1 Å². The van der Waals surface area contributed by atoms with Gasteiger partial charge in [-0.3, -0.25) is 0 Å². The number of rotatable bonds is 4. The molecule has 1 aromatic heterocycles. The van der Waals surface area contributed by atoms with Crippen LogP contribution >= 0.6 is 0 Å². The maximum Gasteiger partial charge on any atom is 0.200 e. The zero-order chi connectivity index (χ0) is 21.3. The zero-order valence-corrected chi connectivity index (χ0v) is 17.9. The molecule has 6 nitrogen and oxygen atoms in total. The molecule has 0 radical (unpaired) electrons. The molecule has 0 aliphatic carbocycles. The van der Waals surface area contributed by atoms with E-state index in [1.165, 1.54) is 6.07 Å². The summed E-state index contributed by atoms with van der Waals surface area (Å²) in [5.41, 5.74) is 2.32. The summed E-state index contributed by atoms with van der Waals surface area (Å²) in [6, 6.07) is 16.0. The first-order valence-corrected chi connectivity index (χ1v) is 11.7. The first-order chi connectivity index (χ1) is 14.4. The molecule has 7 heteroatoms. The summed E-state index contributed by atoms with van der Waals surface area (Å²) in [5.74, 6) is 1.12. The predicted octanol–water partition coefficient (Wildman–Crippen LogP) is 4.21. The molecule has 2 heterocycles. The fraction of sp³-hybridized carbons (Fsp3) is 0.348. The van der Waals surface area contributed by atoms with Crippen LogP contribution in [0.3, 0.4) is 0 Å². The van der Waals surface area contributed by atoms with Crippen molar-refractivity contribution in [2.45, 2.75) is 36.8 Å². The van der Waals surface area contributed by atoms with E-state index in [0.29, 0.717) is 22.8 Å². The van der Waals surface area contributed by atoms with Crippen LogP contribution in [0.1, 0.15) is 36.3 Å². The van der Waals surface area contributed by atoms with Crippen molar-refractivity contribution in [3.8, 4) is 6.07 Å². The lowest BCUT2D eigenvalue weighted by molar-refractivity contribution is 0.436. The maximum atomic E-state index is 13.4. The average Bonchev–Trinajstić information content (AvgIpc) is 2.74. The quantitative estimate of drug-likeness (QED) is 0.628. The van der Waals surface area contributed by atoms with Crippen LogP contribution in [0.4, 0.5) is 5.82 Å². The molecule has 0 saturated carbocycles. The van der Waals surface area contributed by atoms with Gasteiger partial charge in [-0.05, 0) is 55.5 Å². The fourth-order valence-electron chi connectivity index (χ4n) is 3.84. The van der Waals surface area contributed by atoms with Crippen molar-refractivity contribution in [1.29, 1.82) is 5.26 Å². The normalized spacial score (nSPS) is 16.4. The molecular formula is C23H24N4O2S. The highest BCUT2D eigenvalue weighted by molar-refractivity contribution is 7.92. The summed E-state index contributed by atoms with van der Waals surface area (Å²) in [4.78, 5) is 11.6. The van der Waals surface area contributed by atoms with Crippen molar-refractivity contribution < 1.29 is 8.42 Å². The number of anilines is 1. The van der Waals surface area contributed by atoms with Crippen molar-refractivity contribution in [1.82, 2.24) is 9.97 Å². The Labute approximate surface area is 177 Å². The van der Waals surface area contributed by atoms with Crippen LogP contribution < -0.4 is 4.90 Å². The molecule has 4 rings (SSSR count). The highest BCUT2D eigenvalue weighted by atomic mass is 32.2. The van der Waals surface area contributed by atoms with Gasteiger partial charge in [0.15, 0.2) is 11.1 Å². The van der Waals surface area contributed by atoms with Crippen LogP contribution in [-0.4, -0.2) is 31.5 Å². The summed E-state index contributed by atoms with van der Waals surface area (Å²) in [7, 11) is -3.96. The van der Waals surface area contributed by atoms with E-state index in [1.807, 2.05) is 37.3 Å². The maximum absolute atomic E-state index is 13.4. The van der Waals surface area contributed by atoms with Crippen LogP contribution in [0.25, 0.3) is 11.0 Å². The lowest BCUT2D eigenvalue weighted by Gasteiger charge is -2.32. The summed E-state index contributed by atoms with van der Waals surface area (Å²) >= 11 is 0. The second-order valence-electron chi connectivity index (χ2n) is 7.96. The summed E-state index contributed by atoms with van der Waals surface area (Å²) in [6.45, 7) is 5.58. The molecule has 2 aromatic carbocycles. The van der Waals surface area contributed by atoms with Gasteiger partial charge in [0.2, 0.25) is 9.84 Å². The number of aryl methyl sites for hydroxylation is 1. The Hall–Kier alpha value is -2.98. The van der Waals surface area contributed by atoms with Gasteiger partial charge in [0, 0.05) is 13.1 Å². The standard InChI is InChI=1S/C23H24N4O2S/c1-16-10-12-27(13-11-16)23-22(25-19-8-3-4-9-20(19)26-23)21(15-24)30(28,29)18-7-5-6-17(2)14-18/h3-9,14,16,21H,10-13H2,1-2H3. The Morgan fingerprint density at radius 2 is 1.73 bits per heavy atom. The molecule has 154 valence electrons. The molecule has 0 N–H and O–H groups in total. The molecule has 1 saturated heterocycles. The minimum Gasteiger partial charge on any atom is -0.355 e. The Balaban J connectivity index is 1.89. The molecule has 1 unspecified atom stereocenters. The third-order valence-corrected chi connectivity index (χ3v) is 7.52. The van der Waals surface area contributed by atoms with Crippen molar-refractivity contribution in [2.24, 2.45) is 5.92 Å². The lowest BCUT2D eigenvalue weighted by Crippen LogP contribution is -2.35. The first kappa shape index (κ1) is 20.3. The summed E-state index contributed by atoms with van der Waals surface area (Å²) in [6.07, 6.45) is 1.99. The van der Waals surface area contributed by atoms with E-state index in [2.05, 4.69) is 16.8 Å². The Bertz CT molecular complexity index is 1230. The number of piperidine rings is 1. The van der Waals surface area contributed by atoms with Crippen LogP contribution in [0.5, 0.6) is 0 Å². The Kier molecular flexibility index (Phi) is 5.44. The fourth-order valence-corrected chi connectivity index (χ4v) is 5.32. The number of benzene rings is 2. The molecule has 1 aliphatic heterocycles. The van der Waals surface area contributed by atoms with Crippen molar-refractivity contribution in [3.05, 3.63) is 59.8 Å². The number of hydrogen-bond acceptors (Lipinski definition) is 6. The van der Waals surface area contributed by atoms with Gasteiger partial charge in [-0.2, -0.15) is 5.26 Å². The lowest BCUT2D eigenvalue weighted by atomic mass is 9.99. The number of para-hydroxylation sites is 2. The van der Waals surface area contributed by atoms with Gasteiger partial charge in [0.1, 0.15) is 5.69 Å². The second-order valence-corrected chi connectivity index (χ2v) is 9.99. The van der Waals surface area contributed by atoms with Gasteiger partial charge in [-0.15, -0.1) is 0 Å². The molecule has 3 aromatic rings. The second kappa shape index (κ2) is 8.04. The van der Waals surface area contributed by atoms with E-state index in [1.54, 1.807) is 18.2 Å². The van der Waals surface area contributed by atoms with Crippen LogP contribution in [0.15, 0.2) is 53.4 Å². The number of sulfone groups is 1. The van der Waals surface area contributed by atoms with Crippen LogP contribution in [0, 0.1) is 24.2 Å². The highest BCUT2D eigenvalue weighted by Gasteiger charge is 2.35. The van der Waals surface area contributed by atoms with Crippen molar-refractivity contribution >= 4 is 26.7 Å². The average molecular weight is 421 g/mol. The molecule has 1 aliphatic rings. The van der Waals surface area contributed by atoms with Gasteiger partial charge in [0.25, 0.3) is 0 Å². The van der Waals surface area contributed by atoms with E-state index in [-0.39, 0.29) is 10.6 Å². The molecule has 30 heavy (non-hydrogen) atoms. The molecule has 0 spiro atoms. The third-order valence-electron chi connectivity index (χ3n) is 5.66. The van der Waals surface area contributed by atoms with Gasteiger partial charge in [-0.1, -0.05) is 31.2 Å². The van der Waals surface area contributed by atoms with Gasteiger partial charge >= 0.3 is 0 Å². The van der Waals surface area contributed by atoms with E-state index >= 15 is 0 Å². The summed E-state index contributed by atoms with van der Waals surface area (Å²) < 4.78 is 26.9. The monoisotopic (exact) mass is 420 g/mol. The van der Waals surface area contributed by atoms with Gasteiger partial charge < -0.3 is 4.90 Å². The minimum absolute atomic E-state index is 0.127. The Morgan fingerprint density at radius 3 is 2.37 bits per heavy atom. The first-order valence-electron chi connectivity index (χ1n) is 10.1. The third kappa shape index (κ3) is 3.75. The van der Waals surface area contributed by atoms with Crippen molar-refractivity contribution in [2.75, 3.05) is 18.0 Å². The molecule has 0 bridgehead atoms. The van der Waals surface area contributed by atoms with Crippen LogP contribution in [-0.2, 0) is 9.84 Å². The molecule has 1 atom stereocenters. The predicted molar refractivity (Wildman–Crippen MR) is 117 cm³/mol. The number of nitriles is 1. The molecule has 1 fully saturated rings. The van der Waals surface area contributed by atoms with E-state index in [9.17, 15) is 13.7 Å². The van der Waals surface area contributed by atoms with Crippen LogP contribution in [0.2, 0.25) is 0 Å². The number of aromatic nitrogens is 2. The molecule has 0 amide bonds. The largest absolute Gasteiger partial charge is 0.355 e. The van der Waals surface area contributed by atoms with Gasteiger partial charge in [-0.25, -0.2) is 18.4 Å². The minimum atomic E-state index is -3.96. The summed E-state index contributed by atoms with van der Waals surface area (Å²) in [5, 5.41) is 8.54. The number of fused-ring (bicyclic) bond motifs is 1. The Morgan fingerprint density at radius 1 is 1.07 bits per heavy atom. The number of nitrogens with zero attached hydrogens (tertiary/aromatic N) is 4. The van der Waals surface area contributed by atoms with Gasteiger partial charge in [0.05, 0.1) is 22.0 Å². The zero-order valence-electron chi connectivity index (χ0n) is 17.1. The number of hydrogen-bond donors (Lipinski definition) is 0. The SMILES string of the molecule is Cc1cccc(S(=O)(=O)C(C#N)c2nc3ccccc3nc2N2CCC(C)CC2)c1.